The van der Waals surface area contributed by atoms with E-state index < -0.39 is 0 Å². The molecule has 1 fully saturated rings. The van der Waals surface area contributed by atoms with Crippen molar-refractivity contribution in [3.63, 3.8) is 0 Å². The van der Waals surface area contributed by atoms with Crippen LogP contribution in [0.3, 0.4) is 0 Å². The molecular formula is C12H19N3O3. The second-order valence-electron chi connectivity index (χ2n) is 4.89. The van der Waals surface area contributed by atoms with Crippen LogP contribution in [0.25, 0.3) is 0 Å². The summed E-state index contributed by atoms with van der Waals surface area (Å²) in [7, 11) is 0. The molecule has 1 aliphatic carbocycles. The van der Waals surface area contributed by atoms with E-state index >= 15 is 0 Å². The van der Waals surface area contributed by atoms with Crippen molar-refractivity contribution >= 4 is 11.7 Å². The summed E-state index contributed by atoms with van der Waals surface area (Å²) >= 11 is 0. The summed E-state index contributed by atoms with van der Waals surface area (Å²) in [4.78, 5) is 11.7. The number of urea groups is 1. The molecule has 1 aromatic rings. The first-order valence-corrected chi connectivity index (χ1v) is 6.21. The molecule has 1 heterocycles. The molecular weight excluding hydrogens is 234 g/mol. The highest BCUT2D eigenvalue weighted by molar-refractivity contribution is 5.90. The van der Waals surface area contributed by atoms with Gasteiger partial charge in [0.15, 0.2) is 5.76 Å². The molecule has 0 bridgehead atoms. The largest absolute Gasteiger partial charge is 0.396 e. The number of aryl methyl sites for hydroxylation is 2. The molecule has 3 N–H and O–H groups in total. The van der Waals surface area contributed by atoms with E-state index in [9.17, 15) is 4.79 Å². The third-order valence-electron chi connectivity index (χ3n) is 3.41. The summed E-state index contributed by atoms with van der Waals surface area (Å²) in [6.07, 6.45) is 2.61. The SMILES string of the molecule is CCc1onc(C)c1NC(=O)NCC1(CO)CC1. The van der Waals surface area contributed by atoms with Crippen LogP contribution in [0, 0.1) is 12.3 Å². The summed E-state index contributed by atoms with van der Waals surface area (Å²) in [5, 5.41) is 18.5. The summed E-state index contributed by atoms with van der Waals surface area (Å²) in [5.41, 5.74) is 1.23. The van der Waals surface area contributed by atoms with Crippen molar-refractivity contribution in [3.05, 3.63) is 11.5 Å². The molecule has 1 saturated carbocycles. The number of nitrogens with zero attached hydrogens (tertiary/aromatic N) is 1. The zero-order chi connectivity index (χ0) is 13.2. The Morgan fingerprint density at radius 2 is 2.28 bits per heavy atom. The Kier molecular flexibility index (Phi) is 3.56. The molecule has 1 aliphatic rings. The highest BCUT2D eigenvalue weighted by Crippen LogP contribution is 2.44. The first kappa shape index (κ1) is 12.9. The Morgan fingerprint density at radius 1 is 1.56 bits per heavy atom. The van der Waals surface area contributed by atoms with Gasteiger partial charge in [-0.3, -0.25) is 0 Å². The molecule has 2 amide bonds. The van der Waals surface area contributed by atoms with Crippen molar-refractivity contribution < 1.29 is 14.4 Å². The number of nitrogens with one attached hydrogen (secondary N) is 2. The number of aromatic nitrogens is 1. The van der Waals surface area contributed by atoms with Gasteiger partial charge < -0.3 is 20.3 Å². The van der Waals surface area contributed by atoms with Gasteiger partial charge in [-0.1, -0.05) is 12.1 Å². The number of carbonyl (C=O) groups is 1. The summed E-state index contributed by atoms with van der Waals surface area (Å²) < 4.78 is 5.09. The second kappa shape index (κ2) is 4.97. The molecule has 0 saturated heterocycles. The van der Waals surface area contributed by atoms with Gasteiger partial charge in [-0.2, -0.15) is 0 Å². The molecule has 0 radical (unpaired) electrons. The molecule has 1 aromatic heterocycles. The lowest BCUT2D eigenvalue weighted by atomic mass is 10.1. The minimum Gasteiger partial charge on any atom is -0.396 e. The van der Waals surface area contributed by atoms with E-state index in [2.05, 4.69) is 15.8 Å². The van der Waals surface area contributed by atoms with Gasteiger partial charge in [0.25, 0.3) is 0 Å². The second-order valence-corrected chi connectivity index (χ2v) is 4.89. The van der Waals surface area contributed by atoms with Crippen molar-refractivity contribution in [1.29, 1.82) is 0 Å². The van der Waals surface area contributed by atoms with Gasteiger partial charge in [-0.15, -0.1) is 0 Å². The lowest BCUT2D eigenvalue weighted by Crippen LogP contribution is -2.35. The van der Waals surface area contributed by atoms with Crippen molar-refractivity contribution in [2.24, 2.45) is 5.41 Å². The highest BCUT2D eigenvalue weighted by Gasteiger charge is 2.42. The van der Waals surface area contributed by atoms with Crippen molar-refractivity contribution in [2.45, 2.75) is 33.1 Å². The Balaban J connectivity index is 1.89. The molecule has 2 rings (SSSR count). The molecule has 0 atom stereocenters. The van der Waals surface area contributed by atoms with Gasteiger partial charge in [0, 0.05) is 18.4 Å². The Bertz CT molecular complexity index is 438. The van der Waals surface area contributed by atoms with Gasteiger partial charge in [0.05, 0.1) is 6.61 Å². The predicted octanol–water partition coefficient (Wildman–Crippen LogP) is 1.44. The zero-order valence-corrected chi connectivity index (χ0v) is 10.7. The van der Waals surface area contributed by atoms with E-state index in [0.717, 1.165) is 12.8 Å². The molecule has 0 spiro atoms. The van der Waals surface area contributed by atoms with Crippen LogP contribution in [0.5, 0.6) is 0 Å². The standard InChI is InChI=1S/C12H19N3O3/c1-3-9-10(8(2)15-18-9)14-11(17)13-6-12(7-16)4-5-12/h16H,3-7H2,1-2H3,(H2,13,14,17). The molecule has 0 unspecified atom stereocenters. The van der Waals surface area contributed by atoms with Gasteiger partial charge >= 0.3 is 6.03 Å². The molecule has 18 heavy (non-hydrogen) atoms. The smallest absolute Gasteiger partial charge is 0.319 e. The van der Waals surface area contributed by atoms with Crippen LogP contribution in [0.2, 0.25) is 0 Å². The zero-order valence-electron chi connectivity index (χ0n) is 10.7. The fourth-order valence-corrected chi connectivity index (χ4v) is 1.81. The van der Waals surface area contributed by atoms with E-state index in [4.69, 9.17) is 9.63 Å². The number of hydrogen-bond acceptors (Lipinski definition) is 4. The number of amides is 2. The number of anilines is 1. The molecule has 100 valence electrons. The fraction of sp³-hybridized carbons (Fsp3) is 0.667. The Hall–Kier alpha value is -1.56. The summed E-state index contributed by atoms with van der Waals surface area (Å²) in [6, 6.07) is -0.282. The van der Waals surface area contributed by atoms with Gasteiger partial charge in [0.2, 0.25) is 0 Å². The van der Waals surface area contributed by atoms with Crippen LogP contribution < -0.4 is 10.6 Å². The maximum absolute atomic E-state index is 11.7. The predicted molar refractivity (Wildman–Crippen MR) is 66.4 cm³/mol. The average Bonchev–Trinajstić information content (AvgIpc) is 3.08. The summed E-state index contributed by atoms with van der Waals surface area (Å²) in [5.74, 6) is 0.672. The number of carbonyl (C=O) groups excluding carboxylic acids is 1. The quantitative estimate of drug-likeness (QED) is 0.741. The number of aliphatic hydroxyl groups is 1. The normalized spacial score (nSPS) is 16.4. The van der Waals surface area contributed by atoms with Crippen LogP contribution in [0.4, 0.5) is 10.5 Å². The lowest BCUT2D eigenvalue weighted by molar-refractivity contribution is 0.206. The third kappa shape index (κ3) is 2.64. The topological polar surface area (TPSA) is 87.4 Å². The number of hydrogen-bond donors (Lipinski definition) is 3. The van der Waals surface area contributed by atoms with Crippen molar-refractivity contribution in [3.8, 4) is 0 Å². The van der Waals surface area contributed by atoms with E-state index in [1.165, 1.54) is 0 Å². The fourth-order valence-electron chi connectivity index (χ4n) is 1.81. The molecule has 6 heteroatoms. The molecule has 0 aromatic carbocycles. The third-order valence-corrected chi connectivity index (χ3v) is 3.41. The van der Waals surface area contributed by atoms with E-state index in [1.54, 1.807) is 6.92 Å². The Morgan fingerprint density at radius 3 is 2.83 bits per heavy atom. The number of rotatable bonds is 5. The van der Waals surface area contributed by atoms with Gasteiger partial charge in [-0.25, -0.2) is 4.79 Å². The van der Waals surface area contributed by atoms with E-state index in [-0.39, 0.29) is 18.1 Å². The maximum Gasteiger partial charge on any atom is 0.319 e. The van der Waals surface area contributed by atoms with Crippen molar-refractivity contribution in [2.75, 3.05) is 18.5 Å². The van der Waals surface area contributed by atoms with Crippen LogP contribution in [0.1, 0.15) is 31.2 Å². The van der Waals surface area contributed by atoms with Crippen LogP contribution in [-0.4, -0.2) is 29.4 Å². The summed E-state index contributed by atoms with van der Waals surface area (Å²) in [6.45, 7) is 4.35. The monoisotopic (exact) mass is 253 g/mol. The highest BCUT2D eigenvalue weighted by atomic mass is 16.5. The first-order valence-electron chi connectivity index (χ1n) is 6.21. The van der Waals surface area contributed by atoms with Gasteiger partial charge in [-0.05, 0) is 19.8 Å². The minimum atomic E-state index is -0.282. The maximum atomic E-state index is 11.7. The Labute approximate surface area is 106 Å². The van der Waals surface area contributed by atoms with Crippen LogP contribution >= 0.6 is 0 Å². The van der Waals surface area contributed by atoms with Crippen molar-refractivity contribution in [1.82, 2.24) is 10.5 Å². The van der Waals surface area contributed by atoms with E-state index in [0.29, 0.717) is 30.1 Å². The molecule has 6 nitrogen and oxygen atoms in total. The van der Waals surface area contributed by atoms with Gasteiger partial charge in [0.1, 0.15) is 11.4 Å². The molecule has 0 aliphatic heterocycles. The first-order chi connectivity index (χ1) is 8.60. The lowest BCUT2D eigenvalue weighted by Gasteiger charge is -2.13. The number of aliphatic hydroxyl groups excluding tert-OH is 1. The van der Waals surface area contributed by atoms with E-state index in [1.807, 2.05) is 6.92 Å². The van der Waals surface area contributed by atoms with Crippen LogP contribution in [-0.2, 0) is 6.42 Å². The average molecular weight is 253 g/mol. The van der Waals surface area contributed by atoms with Crippen LogP contribution in [0.15, 0.2) is 4.52 Å². The minimum absolute atomic E-state index is 0.0887.